The summed E-state index contributed by atoms with van der Waals surface area (Å²) in [5.41, 5.74) is 17.6. The third-order valence-electron chi connectivity index (χ3n) is 14.0. The van der Waals surface area contributed by atoms with Crippen molar-refractivity contribution in [2.45, 2.75) is 10.8 Å². The molecule has 0 radical (unpaired) electrons. The van der Waals surface area contributed by atoms with Gasteiger partial charge in [-0.05, 0) is 115 Å². The Bertz CT molecular complexity index is 3290. The lowest BCUT2D eigenvalue weighted by atomic mass is 9.67. The van der Waals surface area contributed by atoms with Gasteiger partial charge in [-0.1, -0.05) is 200 Å². The molecule has 0 saturated carbocycles. The van der Waals surface area contributed by atoms with Crippen LogP contribution < -0.4 is 4.90 Å². The van der Waals surface area contributed by atoms with Crippen LogP contribution in [0.5, 0.6) is 0 Å². The number of fused-ring (bicyclic) bond motifs is 9. The quantitative estimate of drug-likeness (QED) is 0.155. The number of hydrogen-bond acceptors (Lipinski definition) is 2. The molecule has 0 unspecified atom stereocenters. The number of benzene rings is 10. The maximum atomic E-state index is 2.51. The minimum absolute atomic E-state index is 0.529. The number of anilines is 3. The van der Waals surface area contributed by atoms with Crippen molar-refractivity contribution < 1.29 is 0 Å². The van der Waals surface area contributed by atoms with Gasteiger partial charge in [0.25, 0.3) is 0 Å². The van der Waals surface area contributed by atoms with Gasteiger partial charge in [0, 0.05) is 37.2 Å². The van der Waals surface area contributed by atoms with Crippen molar-refractivity contribution >= 4 is 48.6 Å². The van der Waals surface area contributed by atoms with E-state index in [9.17, 15) is 0 Å². The molecule has 300 valence electrons. The second-order valence-electron chi connectivity index (χ2n) is 17.1. The molecule has 0 N–H and O–H groups in total. The standard InChI is InChI=1S/C62H41NS/c1-5-19-42(20-6-1)61(43-21-7-2-8-22-43)55-30-16-13-27-49(55)51-36-33-47(40-57(51)61)63(46-35-38-60-54(39-46)53-29-15-18-32-59(53)64-60)48-34-37-52-50-28-14-17-31-56(50)62(58(52)41-48,44-23-9-3-10-24-44)45-25-11-4-12-26-45/h1-41H. The molecule has 1 aromatic heterocycles. The first-order valence-corrected chi connectivity index (χ1v) is 23.0. The highest BCUT2D eigenvalue weighted by Gasteiger charge is 2.48. The Labute approximate surface area is 377 Å². The summed E-state index contributed by atoms with van der Waals surface area (Å²) in [4.78, 5) is 2.51. The van der Waals surface area contributed by atoms with Crippen LogP contribution in [-0.2, 0) is 10.8 Å². The molecule has 0 atom stereocenters. The van der Waals surface area contributed by atoms with E-state index in [1.54, 1.807) is 0 Å². The molecule has 0 spiro atoms. The van der Waals surface area contributed by atoms with Crippen molar-refractivity contribution in [3.8, 4) is 22.3 Å². The van der Waals surface area contributed by atoms with E-state index in [0.717, 1.165) is 17.1 Å². The molecule has 2 aliphatic carbocycles. The maximum absolute atomic E-state index is 2.51. The zero-order chi connectivity index (χ0) is 42.2. The van der Waals surface area contributed by atoms with Gasteiger partial charge < -0.3 is 4.90 Å². The topological polar surface area (TPSA) is 3.24 Å². The molecule has 10 aromatic carbocycles. The molecule has 0 fully saturated rings. The Morgan fingerprint density at radius 2 is 0.625 bits per heavy atom. The minimum atomic E-state index is -0.529. The molecule has 1 nitrogen and oxygen atoms in total. The smallest absolute Gasteiger partial charge is 0.0714 e. The van der Waals surface area contributed by atoms with E-state index >= 15 is 0 Å². The normalized spacial score (nSPS) is 13.9. The van der Waals surface area contributed by atoms with Gasteiger partial charge in [0.05, 0.1) is 10.8 Å². The summed E-state index contributed by atoms with van der Waals surface area (Å²) in [6, 6.07) is 92.9. The molecule has 11 aromatic rings. The fourth-order valence-electron chi connectivity index (χ4n) is 11.4. The van der Waals surface area contributed by atoms with Crippen molar-refractivity contribution in [1.29, 1.82) is 0 Å². The summed E-state index contributed by atoms with van der Waals surface area (Å²) < 4.78 is 2.59. The van der Waals surface area contributed by atoms with E-state index in [-0.39, 0.29) is 0 Å². The third kappa shape index (κ3) is 5.18. The van der Waals surface area contributed by atoms with Crippen LogP contribution in [0.25, 0.3) is 42.4 Å². The van der Waals surface area contributed by atoms with Crippen molar-refractivity contribution in [2.24, 2.45) is 0 Å². The summed E-state index contributed by atoms with van der Waals surface area (Å²) in [6.07, 6.45) is 0. The van der Waals surface area contributed by atoms with Crippen LogP contribution >= 0.6 is 11.3 Å². The average Bonchev–Trinajstić information content (AvgIpc) is 4.00. The fourth-order valence-corrected chi connectivity index (χ4v) is 12.5. The molecule has 1 heterocycles. The predicted molar refractivity (Wildman–Crippen MR) is 269 cm³/mol. The van der Waals surface area contributed by atoms with Crippen molar-refractivity contribution in [3.05, 3.63) is 293 Å². The molecular weight excluding hydrogens is 791 g/mol. The van der Waals surface area contributed by atoms with Crippen LogP contribution in [-0.4, -0.2) is 0 Å². The van der Waals surface area contributed by atoms with Gasteiger partial charge in [-0.3, -0.25) is 0 Å². The van der Waals surface area contributed by atoms with Gasteiger partial charge in [0.15, 0.2) is 0 Å². The minimum Gasteiger partial charge on any atom is -0.310 e. The number of nitrogens with zero attached hydrogens (tertiary/aromatic N) is 1. The summed E-state index contributed by atoms with van der Waals surface area (Å²) in [6.45, 7) is 0. The molecule has 0 amide bonds. The molecule has 0 aliphatic heterocycles. The van der Waals surface area contributed by atoms with Crippen LogP contribution in [0.15, 0.2) is 249 Å². The van der Waals surface area contributed by atoms with Crippen LogP contribution in [0.2, 0.25) is 0 Å². The summed E-state index contributed by atoms with van der Waals surface area (Å²) >= 11 is 1.86. The molecular formula is C62H41NS. The molecule has 2 heteroatoms. The lowest BCUT2D eigenvalue weighted by Crippen LogP contribution is -2.29. The lowest BCUT2D eigenvalue weighted by Gasteiger charge is -2.36. The lowest BCUT2D eigenvalue weighted by molar-refractivity contribution is 0.767. The molecule has 64 heavy (non-hydrogen) atoms. The van der Waals surface area contributed by atoms with Gasteiger partial charge in [-0.15, -0.1) is 11.3 Å². The highest BCUT2D eigenvalue weighted by molar-refractivity contribution is 7.25. The first kappa shape index (κ1) is 36.8. The summed E-state index contributed by atoms with van der Waals surface area (Å²) in [7, 11) is 0. The highest BCUT2D eigenvalue weighted by Crippen LogP contribution is 2.59. The predicted octanol–water partition coefficient (Wildman–Crippen LogP) is 16.3. The zero-order valence-electron chi connectivity index (χ0n) is 35.0. The molecule has 0 saturated heterocycles. The Morgan fingerprint density at radius 3 is 1.11 bits per heavy atom. The largest absolute Gasteiger partial charge is 0.310 e. The number of thiophene rings is 1. The van der Waals surface area contributed by atoms with Crippen LogP contribution in [0, 0.1) is 0 Å². The van der Waals surface area contributed by atoms with E-state index in [0.29, 0.717) is 0 Å². The first-order valence-electron chi connectivity index (χ1n) is 22.2. The fraction of sp³-hybridized carbons (Fsp3) is 0.0323. The van der Waals surface area contributed by atoms with E-state index < -0.39 is 10.8 Å². The second-order valence-corrected chi connectivity index (χ2v) is 18.2. The zero-order valence-corrected chi connectivity index (χ0v) is 35.8. The Morgan fingerprint density at radius 1 is 0.266 bits per heavy atom. The van der Waals surface area contributed by atoms with Gasteiger partial charge in [0.2, 0.25) is 0 Å². The first-order chi connectivity index (χ1) is 31.7. The van der Waals surface area contributed by atoms with Crippen molar-refractivity contribution in [3.63, 3.8) is 0 Å². The maximum Gasteiger partial charge on any atom is 0.0714 e. The Hall–Kier alpha value is -7.78. The average molecular weight is 832 g/mol. The SMILES string of the molecule is c1ccc(C2(c3ccccc3)c3ccccc3-c3ccc(N(c4ccc5c(c4)C(c4ccccc4)(c4ccccc4)c4ccccc4-5)c4ccc5sc6ccccc6c5c4)cc32)cc1. The van der Waals surface area contributed by atoms with Crippen molar-refractivity contribution in [2.75, 3.05) is 4.90 Å². The summed E-state index contributed by atoms with van der Waals surface area (Å²) in [5.74, 6) is 0. The number of hydrogen-bond donors (Lipinski definition) is 0. The summed E-state index contributed by atoms with van der Waals surface area (Å²) in [5, 5.41) is 2.56. The van der Waals surface area contributed by atoms with Crippen LogP contribution in [0.3, 0.4) is 0 Å². The van der Waals surface area contributed by atoms with Crippen LogP contribution in [0.1, 0.15) is 44.5 Å². The number of rotatable bonds is 7. The monoisotopic (exact) mass is 831 g/mol. The molecule has 13 rings (SSSR count). The van der Waals surface area contributed by atoms with Crippen molar-refractivity contribution in [1.82, 2.24) is 0 Å². The van der Waals surface area contributed by atoms with E-state index in [4.69, 9.17) is 0 Å². The van der Waals surface area contributed by atoms with Crippen LogP contribution in [0.4, 0.5) is 17.1 Å². The Balaban J connectivity index is 1.11. The second kappa shape index (κ2) is 14.4. The van der Waals surface area contributed by atoms with Gasteiger partial charge in [-0.25, -0.2) is 0 Å². The molecule has 0 bridgehead atoms. The van der Waals surface area contributed by atoms with E-state index in [2.05, 4.69) is 254 Å². The van der Waals surface area contributed by atoms with Gasteiger partial charge in [0.1, 0.15) is 0 Å². The van der Waals surface area contributed by atoms with Gasteiger partial charge >= 0.3 is 0 Å². The van der Waals surface area contributed by atoms with E-state index in [1.165, 1.54) is 86.9 Å². The Kier molecular flexibility index (Phi) is 8.28. The van der Waals surface area contributed by atoms with Gasteiger partial charge in [-0.2, -0.15) is 0 Å². The highest BCUT2D eigenvalue weighted by atomic mass is 32.1. The molecule has 2 aliphatic rings. The van der Waals surface area contributed by atoms with E-state index in [1.807, 2.05) is 11.3 Å². The third-order valence-corrected chi connectivity index (χ3v) is 15.2.